The first kappa shape index (κ1) is 9.59. The van der Waals surface area contributed by atoms with Crippen LogP contribution in [0.3, 0.4) is 0 Å². The Morgan fingerprint density at radius 1 is 1.83 bits per heavy atom. The molecule has 0 spiro atoms. The van der Waals surface area contributed by atoms with Crippen molar-refractivity contribution in [2.75, 3.05) is 0 Å². The van der Waals surface area contributed by atoms with Gasteiger partial charge in [0.05, 0.1) is 0 Å². The van der Waals surface area contributed by atoms with Crippen molar-refractivity contribution >= 4 is 23.1 Å². The number of terminal acetylenes is 1. The summed E-state index contributed by atoms with van der Waals surface area (Å²) in [5.41, 5.74) is 0. The zero-order valence-corrected chi connectivity index (χ0v) is 5.61. The monoisotopic (exact) mass is 94.1 g/mol. The van der Waals surface area contributed by atoms with Gasteiger partial charge in [-0.3, -0.25) is 0 Å². The molecule has 0 aromatic rings. The standard InChI is InChI=1S/C5H8.Mg.2H/c1-3-5-4-2;;;/h1H,4-5H2,2H3;;;/q;+2;2*-1. The summed E-state index contributed by atoms with van der Waals surface area (Å²) in [6.07, 6.45) is 6.91. The van der Waals surface area contributed by atoms with Crippen LogP contribution < -0.4 is 0 Å². The van der Waals surface area contributed by atoms with Gasteiger partial charge >= 0.3 is 23.1 Å². The van der Waals surface area contributed by atoms with Gasteiger partial charge in [-0.1, -0.05) is 6.92 Å². The summed E-state index contributed by atoms with van der Waals surface area (Å²) in [5.74, 6) is 2.52. The molecule has 0 nitrogen and oxygen atoms in total. The Balaban J connectivity index is -0.0000000267. The Morgan fingerprint density at radius 3 is 2.33 bits per heavy atom. The van der Waals surface area contributed by atoms with Crippen LogP contribution in [-0.4, -0.2) is 23.1 Å². The van der Waals surface area contributed by atoms with E-state index >= 15 is 0 Å². The van der Waals surface area contributed by atoms with Crippen LogP contribution in [0.15, 0.2) is 0 Å². The zero-order valence-electron chi connectivity index (χ0n) is 6.20. The summed E-state index contributed by atoms with van der Waals surface area (Å²) in [6, 6.07) is 0. The van der Waals surface area contributed by atoms with Crippen LogP contribution in [0.2, 0.25) is 0 Å². The maximum Gasteiger partial charge on any atom is 2.00 e. The molecular formula is C5H10Mg. The predicted molar refractivity (Wildman–Crippen MR) is 31.7 cm³/mol. The first-order valence-corrected chi connectivity index (χ1v) is 1.85. The van der Waals surface area contributed by atoms with Gasteiger partial charge in [-0.05, 0) is 6.42 Å². The minimum atomic E-state index is 0. The Morgan fingerprint density at radius 2 is 2.33 bits per heavy atom. The van der Waals surface area contributed by atoms with Crippen molar-refractivity contribution in [1.82, 2.24) is 0 Å². The molecule has 0 aliphatic heterocycles. The van der Waals surface area contributed by atoms with Crippen molar-refractivity contribution in [3.8, 4) is 12.3 Å². The molecule has 0 amide bonds. The molecule has 0 fully saturated rings. The Kier molecular flexibility index (Phi) is 14.4. The summed E-state index contributed by atoms with van der Waals surface area (Å²) in [7, 11) is 0. The van der Waals surface area contributed by atoms with Crippen LogP contribution in [0.25, 0.3) is 0 Å². The van der Waals surface area contributed by atoms with E-state index < -0.39 is 0 Å². The number of hydrogen-bond donors (Lipinski definition) is 0. The van der Waals surface area contributed by atoms with E-state index in [4.69, 9.17) is 6.42 Å². The molecule has 6 heavy (non-hydrogen) atoms. The first-order chi connectivity index (χ1) is 2.41. The minimum Gasteiger partial charge on any atom is -1.00 e. The zero-order chi connectivity index (χ0) is 4.12. The second kappa shape index (κ2) is 9.01. The van der Waals surface area contributed by atoms with Gasteiger partial charge in [0.15, 0.2) is 0 Å². The molecule has 0 heterocycles. The minimum absolute atomic E-state index is 0. The van der Waals surface area contributed by atoms with Gasteiger partial charge in [0.2, 0.25) is 0 Å². The van der Waals surface area contributed by atoms with Crippen molar-refractivity contribution in [3.05, 3.63) is 0 Å². The van der Waals surface area contributed by atoms with E-state index in [9.17, 15) is 0 Å². The van der Waals surface area contributed by atoms with E-state index in [-0.39, 0.29) is 25.9 Å². The van der Waals surface area contributed by atoms with Crippen molar-refractivity contribution in [2.45, 2.75) is 19.8 Å². The molecule has 0 aromatic heterocycles. The second-order valence-corrected chi connectivity index (χ2v) is 0.954. The third-order valence-electron chi connectivity index (χ3n) is 0.394. The number of hydrogen-bond acceptors (Lipinski definition) is 0. The topological polar surface area (TPSA) is 0 Å². The first-order valence-electron chi connectivity index (χ1n) is 1.85. The van der Waals surface area contributed by atoms with Crippen LogP contribution in [0.5, 0.6) is 0 Å². The van der Waals surface area contributed by atoms with Crippen molar-refractivity contribution < 1.29 is 2.85 Å². The molecular weight excluding hydrogens is 84.4 g/mol. The SMILES string of the molecule is C#CCCC.[H-].[H-].[Mg+2]. The quantitative estimate of drug-likeness (QED) is 0.339. The van der Waals surface area contributed by atoms with E-state index in [1.54, 1.807) is 0 Å². The molecule has 1 heteroatoms. The van der Waals surface area contributed by atoms with Crippen LogP contribution in [0.4, 0.5) is 0 Å². The fourth-order valence-corrected chi connectivity index (χ4v) is 0.144. The summed E-state index contributed by atoms with van der Waals surface area (Å²) >= 11 is 0. The molecule has 0 rings (SSSR count). The summed E-state index contributed by atoms with van der Waals surface area (Å²) < 4.78 is 0. The molecule has 0 unspecified atom stereocenters. The van der Waals surface area contributed by atoms with Crippen LogP contribution >= 0.6 is 0 Å². The molecule has 0 saturated carbocycles. The van der Waals surface area contributed by atoms with Gasteiger partial charge in [0, 0.05) is 6.42 Å². The van der Waals surface area contributed by atoms with E-state index in [0.29, 0.717) is 0 Å². The Labute approximate surface area is 58.4 Å². The van der Waals surface area contributed by atoms with Gasteiger partial charge < -0.3 is 2.85 Å². The van der Waals surface area contributed by atoms with E-state index in [0.717, 1.165) is 12.8 Å². The number of unbranched alkanes of at least 4 members (excludes halogenated alkanes) is 1. The smallest absolute Gasteiger partial charge is 1.00 e. The molecule has 0 aliphatic carbocycles. The molecule has 0 radical (unpaired) electrons. The van der Waals surface area contributed by atoms with Crippen LogP contribution in [0, 0.1) is 12.3 Å². The van der Waals surface area contributed by atoms with Gasteiger partial charge in [-0.15, -0.1) is 12.3 Å². The van der Waals surface area contributed by atoms with Crippen molar-refractivity contribution in [2.24, 2.45) is 0 Å². The summed E-state index contributed by atoms with van der Waals surface area (Å²) in [5, 5.41) is 0. The Bertz CT molecular complexity index is 48.9. The molecule has 0 saturated heterocycles. The van der Waals surface area contributed by atoms with E-state index in [1.165, 1.54) is 0 Å². The third-order valence-corrected chi connectivity index (χ3v) is 0.394. The van der Waals surface area contributed by atoms with Crippen LogP contribution in [-0.2, 0) is 0 Å². The third kappa shape index (κ3) is 8.85. The second-order valence-electron chi connectivity index (χ2n) is 0.954. The van der Waals surface area contributed by atoms with Gasteiger partial charge in [-0.2, -0.15) is 0 Å². The molecule has 0 N–H and O–H groups in total. The fourth-order valence-electron chi connectivity index (χ4n) is 0.144. The molecule has 0 aromatic carbocycles. The summed E-state index contributed by atoms with van der Waals surface area (Å²) in [6.45, 7) is 2.07. The normalized spacial score (nSPS) is 5.33. The van der Waals surface area contributed by atoms with Gasteiger partial charge in [0.1, 0.15) is 0 Å². The predicted octanol–water partition coefficient (Wildman–Crippen LogP) is 1.26. The molecule has 0 aliphatic rings. The van der Waals surface area contributed by atoms with Crippen molar-refractivity contribution in [1.29, 1.82) is 0 Å². The molecule has 0 bridgehead atoms. The molecule has 32 valence electrons. The maximum absolute atomic E-state index is 4.89. The summed E-state index contributed by atoms with van der Waals surface area (Å²) in [4.78, 5) is 0. The van der Waals surface area contributed by atoms with Gasteiger partial charge in [0.25, 0.3) is 0 Å². The largest absolute Gasteiger partial charge is 2.00 e. The average Bonchev–Trinajstić information content (AvgIpc) is 1.41. The van der Waals surface area contributed by atoms with Gasteiger partial charge in [-0.25, -0.2) is 0 Å². The van der Waals surface area contributed by atoms with Crippen LogP contribution in [0.1, 0.15) is 22.6 Å². The Hall–Kier alpha value is 0.326. The van der Waals surface area contributed by atoms with Crippen molar-refractivity contribution in [3.63, 3.8) is 0 Å². The average molecular weight is 94.4 g/mol. The fraction of sp³-hybridized carbons (Fsp3) is 0.600. The molecule has 0 atom stereocenters. The number of rotatable bonds is 1. The van der Waals surface area contributed by atoms with E-state index in [2.05, 4.69) is 12.8 Å². The maximum atomic E-state index is 4.89. The van der Waals surface area contributed by atoms with E-state index in [1.807, 2.05) is 0 Å².